The van der Waals surface area contributed by atoms with Gasteiger partial charge in [-0.3, -0.25) is 0 Å². The Morgan fingerprint density at radius 1 is 1.00 bits per heavy atom. The number of thioether (sulfide) groups is 1. The van der Waals surface area contributed by atoms with Crippen LogP contribution >= 0.6 is 23.4 Å². The van der Waals surface area contributed by atoms with Crippen LogP contribution in [0, 0.1) is 0 Å². The average molecular weight is 249 g/mol. The van der Waals surface area contributed by atoms with Gasteiger partial charge >= 0.3 is 0 Å². The number of allylic oxidation sites excluding steroid dienone is 1. The van der Waals surface area contributed by atoms with Crippen molar-refractivity contribution >= 4 is 34.1 Å². The number of hydrogen-bond acceptors (Lipinski definition) is 1. The average Bonchev–Trinajstić information content (AvgIpc) is 2.34. The monoisotopic (exact) mass is 248 g/mol. The summed E-state index contributed by atoms with van der Waals surface area (Å²) in [6.07, 6.45) is 4.09. The highest BCUT2D eigenvalue weighted by Gasteiger charge is 1.95. The maximum Gasteiger partial charge on any atom is 0.0404 e. The van der Waals surface area contributed by atoms with Crippen molar-refractivity contribution in [3.8, 4) is 0 Å². The topological polar surface area (TPSA) is 0 Å². The van der Waals surface area contributed by atoms with E-state index in [0.29, 0.717) is 5.88 Å². The van der Waals surface area contributed by atoms with Crippen molar-refractivity contribution in [3.63, 3.8) is 0 Å². The van der Waals surface area contributed by atoms with E-state index in [1.807, 2.05) is 17.8 Å². The maximum absolute atomic E-state index is 5.57. The summed E-state index contributed by atoms with van der Waals surface area (Å²) in [6, 6.07) is 15.0. The third-order valence-electron chi connectivity index (χ3n) is 2.32. The lowest BCUT2D eigenvalue weighted by atomic mass is 10.1. The summed E-state index contributed by atoms with van der Waals surface area (Å²) in [4.78, 5) is 1.30. The highest BCUT2D eigenvalue weighted by Crippen LogP contribution is 2.23. The molecule has 0 unspecified atom stereocenters. The highest BCUT2D eigenvalue weighted by atomic mass is 35.5. The van der Waals surface area contributed by atoms with Crippen molar-refractivity contribution in [2.24, 2.45) is 0 Å². The quantitative estimate of drug-likeness (QED) is 0.428. The van der Waals surface area contributed by atoms with E-state index in [2.05, 4.69) is 48.5 Å². The maximum atomic E-state index is 5.57. The lowest BCUT2D eigenvalue weighted by Crippen LogP contribution is -1.76. The Kier molecular flexibility index (Phi) is 4.32. The third-order valence-corrected chi connectivity index (χ3v) is 3.45. The molecule has 2 aromatic rings. The SMILES string of the molecule is ClCC=CCSc1ccc2ccccc2c1. The summed E-state index contributed by atoms with van der Waals surface area (Å²) in [6.45, 7) is 0. The minimum absolute atomic E-state index is 0.596. The van der Waals surface area contributed by atoms with Gasteiger partial charge in [-0.25, -0.2) is 0 Å². The van der Waals surface area contributed by atoms with Crippen molar-refractivity contribution in [2.75, 3.05) is 11.6 Å². The zero-order valence-corrected chi connectivity index (χ0v) is 10.5. The molecule has 0 saturated carbocycles. The van der Waals surface area contributed by atoms with Gasteiger partial charge in [0.15, 0.2) is 0 Å². The van der Waals surface area contributed by atoms with Crippen molar-refractivity contribution in [1.29, 1.82) is 0 Å². The second-order valence-corrected chi connectivity index (χ2v) is 4.85. The molecule has 0 N–H and O–H groups in total. The largest absolute Gasteiger partial charge is 0.122 e. The Bertz CT molecular complexity index is 491. The van der Waals surface area contributed by atoms with Gasteiger partial charge in [0.05, 0.1) is 0 Å². The molecule has 0 aliphatic rings. The van der Waals surface area contributed by atoms with Crippen LogP contribution in [0.3, 0.4) is 0 Å². The first-order chi connectivity index (χ1) is 7.90. The Hall–Kier alpha value is -0.920. The van der Waals surface area contributed by atoms with E-state index in [9.17, 15) is 0 Å². The van der Waals surface area contributed by atoms with Crippen LogP contribution in [0.5, 0.6) is 0 Å². The number of rotatable bonds is 4. The van der Waals surface area contributed by atoms with E-state index in [0.717, 1.165) is 5.75 Å². The van der Waals surface area contributed by atoms with Crippen LogP contribution in [-0.4, -0.2) is 11.6 Å². The van der Waals surface area contributed by atoms with E-state index >= 15 is 0 Å². The summed E-state index contributed by atoms with van der Waals surface area (Å²) < 4.78 is 0. The number of alkyl halides is 1. The third kappa shape index (κ3) is 3.03. The van der Waals surface area contributed by atoms with Gasteiger partial charge in [-0.15, -0.1) is 23.4 Å². The van der Waals surface area contributed by atoms with Crippen LogP contribution in [0.15, 0.2) is 59.5 Å². The molecule has 16 heavy (non-hydrogen) atoms. The predicted molar refractivity (Wildman–Crippen MR) is 74.5 cm³/mol. The van der Waals surface area contributed by atoms with Crippen molar-refractivity contribution in [2.45, 2.75) is 4.90 Å². The number of fused-ring (bicyclic) bond motifs is 1. The van der Waals surface area contributed by atoms with Gasteiger partial charge in [0.25, 0.3) is 0 Å². The van der Waals surface area contributed by atoms with Crippen LogP contribution in [0.4, 0.5) is 0 Å². The van der Waals surface area contributed by atoms with Crippen LogP contribution in [0.25, 0.3) is 10.8 Å². The molecule has 0 fully saturated rings. The molecule has 0 aliphatic carbocycles. The molecule has 0 aliphatic heterocycles. The lowest BCUT2D eigenvalue weighted by Gasteiger charge is -2.01. The number of halogens is 1. The summed E-state index contributed by atoms with van der Waals surface area (Å²) >= 11 is 7.40. The van der Waals surface area contributed by atoms with E-state index in [1.165, 1.54) is 15.7 Å². The van der Waals surface area contributed by atoms with Gasteiger partial charge in [-0.2, -0.15) is 0 Å². The number of benzene rings is 2. The smallest absolute Gasteiger partial charge is 0.0404 e. The van der Waals surface area contributed by atoms with Gasteiger partial charge in [-0.1, -0.05) is 42.5 Å². The Morgan fingerprint density at radius 2 is 1.81 bits per heavy atom. The van der Waals surface area contributed by atoms with Crippen LogP contribution < -0.4 is 0 Å². The first-order valence-electron chi connectivity index (χ1n) is 5.23. The number of hydrogen-bond donors (Lipinski definition) is 0. The molecule has 2 heteroatoms. The van der Waals surface area contributed by atoms with E-state index in [-0.39, 0.29) is 0 Å². The molecule has 0 bridgehead atoms. The Balaban J connectivity index is 2.10. The Morgan fingerprint density at radius 3 is 2.62 bits per heavy atom. The first kappa shape index (κ1) is 11.6. The van der Waals surface area contributed by atoms with Crippen LogP contribution in [0.1, 0.15) is 0 Å². The lowest BCUT2D eigenvalue weighted by molar-refractivity contribution is 1.50. The molecule has 82 valence electrons. The highest BCUT2D eigenvalue weighted by molar-refractivity contribution is 7.99. The van der Waals surface area contributed by atoms with E-state index in [4.69, 9.17) is 11.6 Å². The molecule has 0 atom stereocenters. The van der Waals surface area contributed by atoms with Gasteiger partial charge < -0.3 is 0 Å². The van der Waals surface area contributed by atoms with Gasteiger partial charge in [0.1, 0.15) is 0 Å². The summed E-state index contributed by atoms with van der Waals surface area (Å²) in [5, 5.41) is 2.59. The minimum atomic E-state index is 0.596. The van der Waals surface area contributed by atoms with Crippen molar-refractivity contribution in [3.05, 3.63) is 54.6 Å². The molecular weight excluding hydrogens is 236 g/mol. The standard InChI is InChI=1S/C14H13ClS/c15-9-3-4-10-16-14-8-7-12-5-1-2-6-13(12)11-14/h1-8,11H,9-10H2. The first-order valence-corrected chi connectivity index (χ1v) is 6.75. The summed E-state index contributed by atoms with van der Waals surface area (Å²) in [5.74, 6) is 1.57. The van der Waals surface area contributed by atoms with Gasteiger partial charge in [0, 0.05) is 16.5 Å². The Labute approximate surface area is 105 Å². The predicted octanol–water partition coefficient (Wildman–Crippen LogP) is 4.73. The molecule has 0 aromatic heterocycles. The zero-order valence-electron chi connectivity index (χ0n) is 8.90. The summed E-state index contributed by atoms with van der Waals surface area (Å²) in [5.41, 5.74) is 0. The van der Waals surface area contributed by atoms with E-state index in [1.54, 1.807) is 0 Å². The molecule has 2 rings (SSSR count). The van der Waals surface area contributed by atoms with Crippen molar-refractivity contribution < 1.29 is 0 Å². The van der Waals surface area contributed by atoms with Gasteiger partial charge in [0.2, 0.25) is 0 Å². The molecule has 0 nitrogen and oxygen atoms in total. The van der Waals surface area contributed by atoms with Crippen LogP contribution in [-0.2, 0) is 0 Å². The minimum Gasteiger partial charge on any atom is -0.122 e. The van der Waals surface area contributed by atoms with Gasteiger partial charge in [-0.05, 0) is 22.9 Å². The normalized spacial score (nSPS) is 11.3. The molecule has 0 radical (unpaired) electrons. The zero-order chi connectivity index (χ0) is 11.2. The second kappa shape index (κ2) is 5.97. The molecule has 0 amide bonds. The molecule has 2 aromatic carbocycles. The van der Waals surface area contributed by atoms with Crippen LogP contribution in [0.2, 0.25) is 0 Å². The molecular formula is C14H13ClS. The van der Waals surface area contributed by atoms with Crippen molar-refractivity contribution in [1.82, 2.24) is 0 Å². The van der Waals surface area contributed by atoms with E-state index < -0.39 is 0 Å². The molecule has 0 heterocycles. The molecule has 0 spiro atoms. The second-order valence-electron chi connectivity index (χ2n) is 3.45. The fourth-order valence-electron chi connectivity index (χ4n) is 1.53. The summed E-state index contributed by atoms with van der Waals surface area (Å²) in [7, 11) is 0. The molecule has 0 saturated heterocycles. The fraction of sp³-hybridized carbons (Fsp3) is 0.143. The fourth-order valence-corrected chi connectivity index (χ4v) is 2.46.